The van der Waals surface area contributed by atoms with Gasteiger partial charge in [-0.25, -0.2) is 0 Å². The van der Waals surface area contributed by atoms with Gasteiger partial charge in [0.2, 0.25) is 5.91 Å². The molecule has 0 aromatic heterocycles. The van der Waals surface area contributed by atoms with Crippen LogP contribution in [0.1, 0.15) is 19.8 Å². The van der Waals surface area contributed by atoms with E-state index in [0.717, 1.165) is 25.9 Å². The van der Waals surface area contributed by atoms with Gasteiger partial charge in [0, 0.05) is 19.6 Å². The van der Waals surface area contributed by atoms with Gasteiger partial charge in [-0.05, 0) is 19.8 Å². The second-order valence-corrected chi connectivity index (χ2v) is 3.64. The monoisotopic (exact) mass is 186 g/mol. The first-order valence-corrected chi connectivity index (χ1v) is 4.86. The molecule has 0 spiro atoms. The molecule has 1 fully saturated rings. The first kappa shape index (κ1) is 10.5. The summed E-state index contributed by atoms with van der Waals surface area (Å²) >= 11 is 0. The minimum Gasteiger partial charge on any atom is -0.393 e. The highest BCUT2D eigenvalue weighted by atomic mass is 16.3. The van der Waals surface area contributed by atoms with E-state index in [9.17, 15) is 4.79 Å². The van der Waals surface area contributed by atoms with Crippen LogP contribution in [0.3, 0.4) is 0 Å². The zero-order chi connectivity index (χ0) is 9.68. The van der Waals surface area contributed by atoms with Gasteiger partial charge in [-0.2, -0.15) is 0 Å². The molecule has 4 nitrogen and oxygen atoms in total. The van der Waals surface area contributed by atoms with Crippen LogP contribution in [-0.2, 0) is 4.79 Å². The van der Waals surface area contributed by atoms with Crippen molar-refractivity contribution in [2.75, 3.05) is 19.6 Å². The van der Waals surface area contributed by atoms with Crippen LogP contribution in [0.5, 0.6) is 0 Å². The molecule has 1 rings (SSSR count). The Morgan fingerprint density at radius 3 is 2.85 bits per heavy atom. The van der Waals surface area contributed by atoms with E-state index >= 15 is 0 Å². The number of hydrogen-bond acceptors (Lipinski definition) is 3. The summed E-state index contributed by atoms with van der Waals surface area (Å²) in [5.74, 6) is 0.316. The Kier molecular flexibility index (Phi) is 4.18. The molecule has 1 unspecified atom stereocenters. The lowest BCUT2D eigenvalue weighted by Gasteiger charge is -2.25. The van der Waals surface area contributed by atoms with E-state index in [1.54, 1.807) is 6.92 Å². The predicted octanol–water partition coefficient (Wildman–Crippen LogP) is -0.517. The maximum absolute atomic E-state index is 11.3. The second-order valence-electron chi connectivity index (χ2n) is 3.64. The molecule has 0 saturated carbocycles. The lowest BCUT2D eigenvalue weighted by molar-refractivity contribution is -0.126. The van der Waals surface area contributed by atoms with Gasteiger partial charge in [0.25, 0.3) is 0 Å². The molecule has 1 aliphatic heterocycles. The van der Waals surface area contributed by atoms with E-state index < -0.39 is 0 Å². The van der Waals surface area contributed by atoms with E-state index in [1.807, 2.05) is 0 Å². The Labute approximate surface area is 78.7 Å². The molecule has 0 radical (unpaired) electrons. The lowest BCUT2D eigenvalue weighted by atomic mass is 10.0. The summed E-state index contributed by atoms with van der Waals surface area (Å²) in [6.45, 7) is 4.06. The maximum atomic E-state index is 11.3. The summed E-state index contributed by atoms with van der Waals surface area (Å²) in [4.78, 5) is 11.3. The van der Waals surface area contributed by atoms with E-state index in [0.29, 0.717) is 6.54 Å². The number of carbonyl (C=O) groups is 1. The maximum Gasteiger partial charge on any atom is 0.225 e. The summed E-state index contributed by atoms with van der Waals surface area (Å²) in [5, 5.41) is 14.9. The van der Waals surface area contributed by atoms with E-state index in [4.69, 9.17) is 5.11 Å². The zero-order valence-electron chi connectivity index (χ0n) is 8.05. The van der Waals surface area contributed by atoms with Crippen molar-refractivity contribution in [3.8, 4) is 0 Å². The molecule has 1 aliphatic rings. The topological polar surface area (TPSA) is 61.4 Å². The van der Waals surface area contributed by atoms with Gasteiger partial charge in [0.15, 0.2) is 0 Å². The van der Waals surface area contributed by atoms with Crippen LogP contribution in [0, 0.1) is 5.92 Å². The largest absolute Gasteiger partial charge is 0.393 e. The van der Waals surface area contributed by atoms with Gasteiger partial charge in [-0.15, -0.1) is 0 Å². The lowest BCUT2D eigenvalue weighted by Crippen LogP contribution is -2.50. The fourth-order valence-corrected chi connectivity index (χ4v) is 1.23. The summed E-state index contributed by atoms with van der Waals surface area (Å²) in [5.41, 5.74) is 0. The average molecular weight is 186 g/mol. The van der Waals surface area contributed by atoms with E-state index in [2.05, 4.69) is 10.6 Å². The number of nitrogens with one attached hydrogen (secondary N) is 2. The Morgan fingerprint density at radius 2 is 2.38 bits per heavy atom. The Morgan fingerprint density at radius 1 is 1.69 bits per heavy atom. The van der Waals surface area contributed by atoms with Crippen molar-refractivity contribution in [1.82, 2.24) is 10.6 Å². The van der Waals surface area contributed by atoms with Crippen LogP contribution < -0.4 is 10.6 Å². The van der Waals surface area contributed by atoms with Crippen LogP contribution >= 0.6 is 0 Å². The molecule has 3 N–H and O–H groups in total. The van der Waals surface area contributed by atoms with Crippen molar-refractivity contribution in [2.24, 2.45) is 5.92 Å². The Bertz CT molecular complexity index is 167. The smallest absolute Gasteiger partial charge is 0.225 e. The van der Waals surface area contributed by atoms with Gasteiger partial charge >= 0.3 is 0 Å². The number of carbonyl (C=O) groups excluding carboxylic acids is 1. The zero-order valence-corrected chi connectivity index (χ0v) is 8.05. The van der Waals surface area contributed by atoms with Gasteiger partial charge in [0.05, 0.1) is 12.0 Å². The third-order valence-electron chi connectivity index (χ3n) is 2.25. The highest BCUT2D eigenvalue weighted by Crippen LogP contribution is 2.02. The molecular weight excluding hydrogens is 168 g/mol. The van der Waals surface area contributed by atoms with E-state index in [1.165, 1.54) is 0 Å². The third-order valence-corrected chi connectivity index (χ3v) is 2.25. The minimum atomic E-state index is -0.262. The minimum absolute atomic E-state index is 0.143. The van der Waals surface area contributed by atoms with Gasteiger partial charge in [-0.3, -0.25) is 4.79 Å². The van der Waals surface area contributed by atoms with Crippen LogP contribution in [0.25, 0.3) is 0 Å². The van der Waals surface area contributed by atoms with Crippen molar-refractivity contribution in [3.63, 3.8) is 0 Å². The fourth-order valence-electron chi connectivity index (χ4n) is 1.23. The SMILES string of the molecule is CC(O)CCCNC(=O)C1CNC1. The number of amides is 1. The molecule has 13 heavy (non-hydrogen) atoms. The second kappa shape index (κ2) is 5.19. The Balaban J connectivity index is 1.95. The quantitative estimate of drug-likeness (QED) is 0.506. The van der Waals surface area contributed by atoms with Crippen LogP contribution in [0.2, 0.25) is 0 Å². The first-order chi connectivity index (χ1) is 6.20. The summed E-state index contributed by atoms with van der Waals surface area (Å²) < 4.78 is 0. The van der Waals surface area contributed by atoms with Gasteiger partial charge < -0.3 is 15.7 Å². The van der Waals surface area contributed by atoms with Crippen molar-refractivity contribution in [2.45, 2.75) is 25.9 Å². The molecule has 1 saturated heterocycles. The average Bonchev–Trinajstić information content (AvgIpc) is 1.94. The molecule has 1 heterocycles. The van der Waals surface area contributed by atoms with Crippen LogP contribution in [0.15, 0.2) is 0 Å². The summed E-state index contributed by atoms with van der Waals surface area (Å²) in [6, 6.07) is 0. The molecule has 1 atom stereocenters. The summed E-state index contributed by atoms with van der Waals surface area (Å²) in [6.07, 6.45) is 1.34. The molecule has 4 heteroatoms. The van der Waals surface area contributed by atoms with Crippen LogP contribution in [0.4, 0.5) is 0 Å². The Hall–Kier alpha value is -0.610. The van der Waals surface area contributed by atoms with E-state index in [-0.39, 0.29) is 17.9 Å². The van der Waals surface area contributed by atoms with Crippen molar-refractivity contribution in [1.29, 1.82) is 0 Å². The summed E-state index contributed by atoms with van der Waals surface area (Å²) in [7, 11) is 0. The number of rotatable bonds is 5. The number of aliphatic hydroxyl groups excluding tert-OH is 1. The van der Waals surface area contributed by atoms with Crippen molar-refractivity contribution >= 4 is 5.91 Å². The van der Waals surface area contributed by atoms with Gasteiger partial charge in [0.1, 0.15) is 0 Å². The first-order valence-electron chi connectivity index (χ1n) is 4.86. The molecule has 0 bridgehead atoms. The third kappa shape index (κ3) is 3.74. The molecule has 0 aromatic rings. The normalized spacial score (nSPS) is 19.2. The molecule has 1 amide bonds. The van der Waals surface area contributed by atoms with Gasteiger partial charge in [-0.1, -0.05) is 0 Å². The van der Waals surface area contributed by atoms with Crippen molar-refractivity contribution < 1.29 is 9.90 Å². The van der Waals surface area contributed by atoms with Crippen LogP contribution in [-0.4, -0.2) is 36.8 Å². The molecular formula is C9H18N2O2. The molecule has 0 aromatic carbocycles. The fraction of sp³-hybridized carbons (Fsp3) is 0.889. The number of hydrogen-bond donors (Lipinski definition) is 3. The highest BCUT2D eigenvalue weighted by Gasteiger charge is 2.23. The number of aliphatic hydroxyl groups is 1. The highest BCUT2D eigenvalue weighted by molar-refractivity contribution is 5.79. The predicted molar refractivity (Wildman–Crippen MR) is 50.3 cm³/mol. The van der Waals surface area contributed by atoms with Crippen molar-refractivity contribution in [3.05, 3.63) is 0 Å². The standard InChI is InChI=1S/C9H18N2O2/c1-7(12)3-2-4-11-9(13)8-5-10-6-8/h7-8,10,12H,2-6H2,1H3,(H,11,13). The molecule has 0 aliphatic carbocycles. The molecule has 76 valence electrons.